The van der Waals surface area contributed by atoms with E-state index in [1.807, 2.05) is 31.2 Å². The minimum atomic E-state index is -1.46. The van der Waals surface area contributed by atoms with Gasteiger partial charge in [0, 0.05) is 5.56 Å². The molecule has 0 saturated carbocycles. The highest BCUT2D eigenvalue weighted by molar-refractivity contribution is 8.15. The minimum Gasteiger partial charge on any atom is -0.391 e. The molecule has 0 aliphatic carbocycles. The molecule has 0 aromatic heterocycles. The lowest BCUT2D eigenvalue weighted by Crippen LogP contribution is -2.49. The van der Waals surface area contributed by atoms with Crippen LogP contribution in [-0.2, 0) is 0 Å². The third-order valence-corrected chi connectivity index (χ3v) is 4.52. The van der Waals surface area contributed by atoms with Crippen molar-refractivity contribution in [2.45, 2.75) is 43.6 Å². The fraction of sp³-hybridized carbons (Fsp3) is 0.500. The fourth-order valence-corrected chi connectivity index (χ4v) is 2.96. The van der Waals surface area contributed by atoms with Gasteiger partial charge in [0.05, 0.1) is 6.10 Å². The highest BCUT2D eigenvalue weighted by Gasteiger charge is 2.36. The third kappa shape index (κ3) is 3.75. The number of aliphatic hydroxyl groups excluding tert-OH is 4. The SMILES string of the molecule is Cc1ccc(C2=NN[C@H]([C@H](O)[C@H](O)[C@H](O)[C@H](C)O)S2)cc1. The fourth-order valence-electron chi connectivity index (χ4n) is 1.94. The van der Waals surface area contributed by atoms with Gasteiger partial charge >= 0.3 is 0 Å². The molecule has 5 N–H and O–H groups in total. The maximum absolute atomic E-state index is 10.1. The van der Waals surface area contributed by atoms with E-state index in [4.69, 9.17) is 0 Å². The van der Waals surface area contributed by atoms with E-state index in [1.54, 1.807) is 0 Å². The quantitative estimate of drug-likeness (QED) is 0.515. The Hall–Kier alpha value is -1.12. The summed E-state index contributed by atoms with van der Waals surface area (Å²) < 4.78 is 0. The lowest BCUT2D eigenvalue weighted by atomic mass is 10.0. The zero-order valence-electron chi connectivity index (χ0n) is 11.8. The maximum Gasteiger partial charge on any atom is 0.125 e. The van der Waals surface area contributed by atoms with E-state index in [0.29, 0.717) is 5.04 Å². The molecule has 0 bridgehead atoms. The van der Waals surface area contributed by atoms with Gasteiger partial charge in [0.1, 0.15) is 28.7 Å². The Labute approximate surface area is 127 Å². The number of thioether (sulfide) groups is 1. The Bertz CT molecular complexity index is 506. The lowest BCUT2D eigenvalue weighted by molar-refractivity contribution is -0.101. The Kier molecular flexibility index (Phi) is 5.23. The Morgan fingerprint density at radius 1 is 1.10 bits per heavy atom. The van der Waals surface area contributed by atoms with Gasteiger partial charge in [-0.3, -0.25) is 5.43 Å². The van der Waals surface area contributed by atoms with Gasteiger partial charge in [-0.1, -0.05) is 41.6 Å². The first-order chi connectivity index (χ1) is 9.90. The van der Waals surface area contributed by atoms with E-state index in [2.05, 4.69) is 10.5 Å². The van der Waals surface area contributed by atoms with Gasteiger partial charge in [-0.15, -0.1) is 0 Å². The molecule has 1 aromatic carbocycles. The molecule has 0 fully saturated rings. The van der Waals surface area contributed by atoms with Gasteiger partial charge in [-0.05, 0) is 13.8 Å². The van der Waals surface area contributed by atoms with Crippen LogP contribution in [0.3, 0.4) is 0 Å². The monoisotopic (exact) mass is 312 g/mol. The first-order valence-corrected chi connectivity index (χ1v) is 7.57. The zero-order chi connectivity index (χ0) is 15.6. The van der Waals surface area contributed by atoms with Gasteiger partial charge in [-0.2, -0.15) is 5.10 Å². The number of aryl methyl sites for hydroxylation is 1. The molecule has 1 aliphatic rings. The highest BCUT2D eigenvalue weighted by atomic mass is 32.2. The molecule has 116 valence electrons. The van der Waals surface area contributed by atoms with Crippen molar-refractivity contribution in [1.82, 2.24) is 5.43 Å². The summed E-state index contributed by atoms with van der Waals surface area (Å²) in [7, 11) is 0. The first kappa shape index (κ1) is 16.3. The molecule has 0 radical (unpaired) electrons. The molecule has 2 rings (SSSR count). The summed E-state index contributed by atoms with van der Waals surface area (Å²) >= 11 is 1.27. The van der Waals surface area contributed by atoms with Crippen LogP contribution in [0, 0.1) is 6.92 Å². The Morgan fingerprint density at radius 3 is 2.29 bits per heavy atom. The van der Waals surface area contributed by atoms with Crippen molar-refractivity contribution >= 4 is 16.8 Å². The van der Waals surface area contributed by atoms with E-state index in [1.165, 1.54) is 18.7 Å². The summed E-state index contributed by atoms with van der Waals surface area (Å²) in [5, 5.41) is 43.0. The van der Waals surface area contributed by atoms with Crippen molar-refractivity contribution < 1.29 is 20.4 Å². The van der Waals surface area contributed by atoms with Gasteiger partial charge in [-0.25, -0.2) is 0 Å². The van der Waals surface area contributed by atoms with Crippen LogP contribution in [0.25, 0.3) is 0 Å². The maximum atomic E-state index is 10.1. The van der Waals surface area contributed by atoms with E-state index in [0.717, 1.165) is 11.1 Å². The van der Waals surface area contributed by atoms with Crippen LogP contribution in [0.2, 0.25) is 0 Å². The van der Waals surface area contributed by atoms with Gasteiger partial charge < -0.3 is 20.4 Å². The minimum absolute atomic E-state index is 0.579. The topological polar surface area (TPSA) is 105 Å². The summed E-state index contributed by atoms with van der Waals surface area (Å²) in [4.78, 5) is 0. The van der Waals surface area contributed by atoms with Gasteiger partial charge in [0.2, 0.25) is 0 Å². The molecule has 5 atom stereocenters. The predicted octanol–water partition coefficient (Wildman–Crippen LogP) is -0.217. The van der Waals surface area contributed by atoms with E-state index in [9.17, 15) is 20.4 Å². The Balaban J connectivity index is 1.99. The molecule has 0 unspecified atom stereocenters. The molecule has 7 heteroatoms. The normalized spacial score (nSPS) is 23.9. The molecule has 21 heavy (non-hydrogen) atoms. The average Bonchev–Trinajstić information content (AvgIpc) is 2.95. The molecule has 1 heterocycles. The number of hydrazone groups is 1. The smallest absolute Gasteiger partial charge is 0.125 e. The molecular weight excluding hydrogens is 292 g/mol. The summed E-state index contributed by atoms with van der Waals surface area (Å²) in [6, 6.07) is 7.79. The largest absolute Gasteiger partial charge is 0.391 e. The van der Waals surface area contributed by atoms with Crippen molar-refractivity contribution in [1.29, 1.82) is 0 Å². The molecular formula is C14H20N2O4S. The zero-order valence-corrected chi connectivity index (χ0v) is 12.7. The second-order valence-corrected chi connectivity index (χ2v) is 6.29. The van der Waals surface area contributed by atoms with Crippen LogP contribution < -0.4 is 5.43 Å². The van der Waals surface area contributed by atoms with Crippen molar-refractivity contribution in [3.8, 4) is 0 Å². The molecule has 0 amide bonds. The van der Waals surface area contributed by atoms with Crippen molar-refractivity contribution in [2.75, 3.05) is 0 Å². The van der Waals surface area contributed by atoms with Crippen LogP contribution in [0.4, 0.5) is 0 Å². The van der Waals surface area contributed by atoms with Crippen molar-refractivity contribution in [3.63, 3.8) is 0 Å². The number of hydrogen-bond donors (Lipinski definition) is 5. The Morgan fingerprint density at radius 2 is 1.71 bits per heavy atom. The molecule has 0 saturated heterocycles. The van der Waals surface area contributed by atoms with Crippen LogP contribution >= 0.6 is 11.8 Å². The molecule has 1 aliphatic heterocycles. The third-order valence-electron chi connectivity index (χ3n) is 3.33. The van der Waals surface area contributed by atoms with E-state index in [-0.39, 0.29) is 0 Å². The number of rotatable bonds is 5. The second-order valence-electron chi connectivity index (χ2n) is 5.16. The second kappa shape index (κ2) is 6.76. The van der Waals surface area contributed by atoms with E-state index < -0.39 is 29.8 Å². The van der Waals surface area contributed by atoms with E-state index >= 15 is 0 Å². The molecule has 0 spiro atoms. The molecule has 1 aromatic rings. The summed E-state index contributed by atoms with van der Waals surface area (Å²) in [5.41, 5.74) is 4.80. The number of aliphatic hydroxyl groups is 4. The number of nitrogens with zero attached hydrogens (tertiary/aromatic N) is 1. The predicted molar refractivity (Wildman–Crippen MR) is 81.9 cm³/mol. The average molecular weight is 312 g/mol. The summed E-state index contributed by atoms with van der Waals surface area (Å²) in [6.07, 6.45) is -5.25. The molecule has 6 nitrogen and oxygen atoms in total. The summed E-state index contributed by atoms with van der Waals surface area (Å²) in [5.74, 6) is 0. The first-order valence-electron chi connectivity index (χ1n) is 6.69. The standard InChI is InChI=1S/C14H20N2O4S/c1-7-3-5-9(6-4-7)13-15-16-14(21-13)12(20)11(19)10(18)8(2)17/h3-6,8,10-12,14,16-20H,1-2H3/t8-,10+,11+,12+,14-/m0/s1. The van der Waals surface area contributed by atoms with Gasteiger partial charge in [0.15, 0.2) is 0 Å². The highest BCUT2D eigenvalue weighted by Crippen LogP contribution is 2.27. The van der Waals surface area contributed by atoms with Crippen LogP contribution in [0.5, 0.6) is 0 Å². The number of hydrogen-bond acceptors (Lipinski definition) is 7. The van der Waals surface area contributed by atoms with Gasteiger partial charge in [0.25, 0.3) is 0 Å². The van der Waals surface area contributed by atoms with Crippen LogP contribution in [0.1, 0.15) is 18.1 Å². The van der Waals surface area contributed by atoms with Crippen LogP contribution in [0.15, 0.2) is 29.4 Å². The lowest BCUT2D eigenvalue weighted by Gasteiger charge is -2.27. The number of benzene rings is 1. The van der Waals surface area contributed by atoms with Crippen molar-refractivity contribution in [2.24, 2.45) is 5.10 Å². The summed E-state index contributed by atoms with van der Waals surface area (Å²) in [6.45, 7) is 3.34. The van der Waals surface area contributed by atoms with Crippen LogP contribution in [-0.4, -0.2) is 55.3 Å². The number of nitrogens with one attached hydrogen (secondary N) is 1. The van der Waals surface area contributed by atoms with Crippen molar-refractivity contribution in [3.05, 3.63) is 35.4 Å².